The van der Waals surface area contributed by atoms with E-state index < -0.39 is 23.0 Å². The Labute approximate surface area is 116 Å². The molecule has 0 amide bonds. The van der Waals surface area contributed by atoms with Gasteiger partial charge in [-0.05, 0) is 12.8 Å². The molecule has 0 bridgehead atoms. The third-order valence-corrected chi connectivity index (χ3v) is 4.84. The van der Waals surface area contributed by atoms with Gasteiger partial charge in [0.25, 0.3) is 6.43 Å². The smallest absolute Gasteiger partial charge is 0.252 e. The maximum absolute atomic E-state index is 12.2. The zero-order valence-electron chi connectivity index (χ0n) is 11.2. The second-order valence-electron chi connectivity index (χ2n) is 4.84. The Bertz CT molecular complexity index is 542. The van der Waals surface area contributed by atoms with E-state index in [1.165, 1.54) is 29.9 Å². The van der Waals surface area contributed by atoms with Crippen LogP contribution < -0.4 is 5.32 Å². The summed E-state index contributed by atoms with van der Waals surface area (Å²) in [5, 5.41) is 7.23. The molecule has 0 spiro atoms. The number of nitrogens with zero attached hydrogens (tertiary/aromatic N) is 3. The van der Waals surface area contributed by atoms with Gasteiger partial charge in [-0.3, -0.25) is 4.68 Å². The number of rotatable bonds is 8. The van der Waals surface area contributed by atoms with Gasteiger partial charge in [0.1, 0.15) is 4.90 Å². The molecule has 0 atom stereocenters. The summed E-state index contributed by atoms with van der Waals surface area (Å²) in [6, 6.07) is 0.575. The molecule has 6 nitrogen and oxygen atoms in total. The Kier molecular flexibility index (Phi) is 4.71. The van der Waals surface area contributed by atoms with Crippen molar-refractivity contribution >= 4 is 10.0 Å². The van der Waals surface area contributed by atoms with Gasteiger partial charge in [0, 0.05) is 25.8 Å². The maximum atomic E-state index is 12.2. The van der Waals surface area contributed by atoms with Gasteiger partial charge in [-0.1, -0.05) is 0 Å². The molecule has 1 saturated carbocycles. The highest BCUT2D eigenvalue weighted by Gasteiger charge is 2.25. The van der Waals surface area contributed by atoms with Crippen LogP contribution in [0.5, 0.6) is 0 Å². The highest BCUT2D eigenvalue weighted by Crippen LogP contribution is 2.18. The number of hydrogen-bond donors (Lipinski definition) is 1. The molecular formula is C11H18F2N4O2S. The van der Waals surface area contributed by atoms with Crippen molar-refractivity contribution in [3.8, 4) is 0 Å². The van der Waals surface area contributed by atoms with E-state index in [1.54, 1.807) is 0 Å². The maximum Gasteiger partial charge on any atom is 0.252 e. The Morgan fingerprint density at radius 2 is 2.25 bits per heavy atom. The third-order valence-electron chi connectivity index (χ3n) is 3.06. The van der Waals surface area contributed by atoms with E-state index >= 15 is 0 Å². The summed E-state index contributed by atoms with van der Waals surface area (Å²) in [5.41, 5.74) is 0. The number of hydrogen-bond acceptors (Lipinski definition) is 4. The fourth-order valence-corrected chi connectivity index (χ4v) is 2.85. The topological polar surface area (TPSA) is 67.2 Å². The van der Waals surface area contributed by atoms with Crippen LogP contribution in [0.25, 0.3) is 0 Å². The molecule has 1 aromatic rings. The van der Waals surface area contributed by atoms with Gasteiger partial charge in [0.2, 0.25) is 10.0 Å². The van der Waals surface area contributed by atoms with Gasteiger partial charge in [-0.25, -0.2) is 17.2 Å². The number of nitrogens with one attached hydrogen (secondary N) is 1. The Morgan fingerprint density at radius 3 is 2.85 bits per heavy atom. The number of aromatic nitrogens is 2. The molecular weight excluding hydrogens is 290 g/mol. The first-order chi connectivity index (χ1) is 9.39. The summed E-state index contributed by atoms with van der Waals surface area (Å²) in [6.07, 6.45) is 2.21. The average molecular weight is 308 g/mol. The lowest BCUT2D eigenvalue weighted by atomic mass is 10.6. The molecule has 1 N–H and O–H groups in total. The summed E-state index contributed by atoms with van der Waals surface area (Å²) in [5.74, 6) is 0. The van der Waals surface area contributed by atoms with Crippen molar-refractivity contribution in [2.45, 2.75) is 36.7 Å². The normalized spacial score (nSPS) is 16.2. The fourth-order valence-electron chi connectivity index (χ4n) is 1.74. The van der Waals surface area contributed by atoms with E-state index in [4.69, 9.17) is 0 Å². The zero-order chi connectivity index (χ0) is 14.8. The SMILES string of the molecule is CN(CC(F)F)S(=O)(=O)c1cnn(CCNC2CC2)c1. The molecule has 1 heterocycles. The molecule has 114 valence electrons. The lowest BCUT2D eigenvalue weighted by Crippen LogP contribution is -2.31. The van der Waals surface area contributed by atoms with Gasteiger partial charge in [-0.15, -0.1) is 0 Å². The van der Waals surface area contributed by atoms with Gasteiger partial charge >= 0.3 is 0 Å². The van der Waals surface area contributed by atoms with Crippen LogP contribution in [0.2, 0.25) is 0 Å². The second kappa shape index (κ2) is 6.15. The predicted octanol–water partition coefficient (Wildman–Crippen LogP) is 0.521. The molecule has 1 aliphatic carbocycles. The number of sulfonamides is 1. The molecule has 20 heavy (non-hydrogen) atoms. The number of alkyl halides is 2. The van der Waals surface area contributed by atoms with Crippen LogP contribution in [0.4, 0.5) is 8.78 Å². The second-order valence-corrected chi connectivity index (χ2v) is 6.89. The summed E-state index contributed by atoms with van der Waals surface area (Å²) in [4.78, 5) is -0.0629. The first kappa shape index (κ1) is 15.3. The van der Waals surface area contributed by atoms with E-state index in [0.29, 0.717) is 23.4 Å². The summed E-state index contributed by atoms with van der Waals surface area (Å²) < 4.78 is 50.6. The van der Waals surface area contributed by atoms with Crippen molar-refractivity contribution < 1.29 is 17.2 Å². The molecule has 1 fully saturated rings. The fraction of sp³-hybridized carbons (Fsp3) is 0.727. The van der Waals surface area contributed by atoms with Crippen LogP contribution in [-0.2, 0) is 16.6 Å². The van der Waals surface area contributed by atoms with Crippen molar-refractivity contribution in [3.63, 3.8) is 0 Å². The van der Waals surface area contributed by atoms with Crippen molar-refractivity contribution in [1.82, 2.24) is 19.4 Å². The lowest BCUT2D eigenvalue weighted by molar-refractivity contribution is 0.126. The minimum atomic E-state index is -3.89. The van der Waals surface area contributed by atoms with E-state index in [2.05, 4.69) is 10.4 Å². The van der Waals surface area contributed by atoms with Crippen molar-refractivity contribution in [3.05, 3.63) is 12.4 Å². The third kappa shape index (κ3) is 3.97. The van der Waals surface area contributed by atoms with E-state index in [0.717, 1.165) is 7.05 Å². The summed E-state index contributed by atoms with van der Waals surface area (Å²) in [7, 11) is -2.76. The van der Waals surface area contributed by atoms with Crippen LogP contribution >= 0.6 is 0 Å². The first-order valence-corrected chi connectivity index (χ1v) is 7.84. The molecule has 0 aromatic carbocycles. The highest BCUT2D eigenvalue weighted by molar-refractivity contribution is 7.89. The lowest BCUT2D eigenvalue weighted by Gasteiger charge is -2.14. The molecule has 0 aliphatic heterocycles. The first-order valence-electron chi connectivity index (χ1n) is 6.40. The molecule has 2 rings (SSSR count). The molecule has 0 unspecified atom stereocenters. The summed E-state index contributed by atoms with van der Waals surface area (Å²) >= 11 is 0. The van der Waals surface area contributed by atoms with Crippen molar-refractivity contribution in [2.75, 3.05) is 20.1 Å². The van der Waals surface area contributed by atoms with Crippen molar-refractivity contribution in [1.29, 1.82) is 0 Å². The Morgan fingerprint density at radius 1 is 1.55 bits per heavy atom. The van der Waals surface area contributed by atoms with Gasteiger partial charge in [0.15, 0.2) is 0 Å². The molecule has 9 heteroatoms. The van der Waals surface area contributed by atoms with E-state index in [1.807, 2.05) is 0 Å². The minimum Gasteiger partial charge on any atom is -0.312 e. The molecule has 0 radical (unpaired) electrons. The van der Waals surface area contributed by atoms with Crippen LogP contribution in [0.1, 0.15) is 12.8 Å². The van der Waals surface area contributed by atoms with Gasteiger partial charge in [0.05, 0.1) is 19.3 Å². The van der Waals surface area contributed by atoms with Crippen molar-refractivity contribution in [2.24, 2.45) is 0 Å². The number of halogens is 2. The Balaban J connectivity index is 1.95. The predicted molar refractivity (Wildman–Crippen MR) is 69.1 cm³/mol. The molecule has 0 saturated heterocycles. The monoisotopic (exact) mass is 308 g/mol. The van der Waals surface area contributed by atoms with Crippen LogP contribution in [0.15, 0.2) is 17.3 Å². The van der Waals surface area contributed by atoms with E-state index in [-0.39, 0.29) is 4.90 Å². The van der Waals surface area contributed by atoms with Gasteiger partial charge < -0.3 is 5.32 Å². The van der Waals surface area contributed by atoms with Crippen LogP contribution in [-0.4, -0.2) is 55.1 Å². The van der Waals surface area contributed by atoms with Gasteiger partial charge in [-0.2, -0.15) is 9.40 Å². The van der Waals surface area contributed by atoms with Crippen LogP contribution in [0, 0.1) is 0 Å². The highest BCUT2D eigenvalue weighted by atomic mass is 32.2. The largest absolute Gasteiger partial charge is 0.312 e. The summed E-state index contributed by atoms with van der Waals surface area (Å²) in [6.45, 7) is 0.431. The zero-order valence-corrected chi connectivity index (χ0v) is 12.0. The van der Waals surface area contributed by atoms with Crippen LogP contribution in [0.3, 0.4) is 0 Å². The molecule has 1 aliphatic rings. The molecule has 1 aromatic heterocycles. The minimum absolute atomic E-state index is 0.0629. The average Bonchev–Trinajstić information content (AvgIpc) is 3.04. The van der Waals surface area contributed by atoms with E-state index in [9.17, 15) is 17.2 Å². The Hall–Kier alpha value is -1.06. The quantitative estimate of drug-likeness (QED) is 0.760. The standard InChI is InChI=1S/C11H18F2N4O2S/c1-16(8-11(12)13)20(18,19)10-6-15-17(7-10)5-4-14-9-2-3-9/h6-7,9,11,14H,2-5,8H2,1H3.